The van der Waals surface area contributed by atoms with Gasteiger partial charge in [0, 0.05) is 12.8 Å². The van der Waals surface area contributed by atoms with Crippen molar-refractivity contribution in [1.82, 2.24) is 4.90 Å². The molecule has 1 spiro atoms. The van der Waals surface area contributed by atoms with E-state index in [0.29, 0.717) is 24.5 Å². The van der Waals surface area contributed by atoms with E-state index in [0.717, 1.165) is 25.7 Å². The summed E-state index contributed by atoms with van der Waals surface area (Å²) in [6, 6.07) is 0. The molecule has 5 nitrogen and oxygen atoms in total. The largest absolute Gasteiger partial charge is 0.495 e. The van der Waals surface area contributed by atoms with Gasteiger partial charge in [0.2, 0.25) is 0 Å². The second kappa shape index (κ2) is 6.99. The third kappa shape index (κ3) is 4.40. The SMILES string of the molecule is C/C=C(\O)N(CC1COC2(CCC(C(C)(C)C)CC2)O1)C(C)O. The van der Waals surface area contributed by atoms with Crippen molar-refractivity contribution >= 4 is 0 Å². The third-order valence-corrected chi connectivity index (χ3v) is 5.29. The lowest BCUT2D eigenvalue weighted by atomic mass is 9.71. The summed E-state index contributed by atoms with van der Waals surface area (Å²) in [4.78, 5) is 1.54. The second-order valence-electron chi connectivity index (χ2n) is 8.03. The minimum absolute atomic E-state index is 0.0704. The lowest BCUT2D eigenvalue weighted by Gasteiger charge is -2.41. The molecule has 1 heterocycles. The number of aliphatic hydroxyl groups is 2. The van der Waals surface area contributed by atoms with Crippen molar-refractivity contribution < 1.29 is 19.7 Å². The van der Waals surface area contributed by atoms with Gasteiger partial charge in [0.1, 0.15) is 12.3 Å². The summed E-state index contributed by atoms with van der Waals surface area (Å²) in [5.41, 5.74) is 0.334. The van der Waals surface area contributed by atoms with E-state index in [2.05, 4.69) is 20.8 Å². The summed E-state index contributed by atoms with van der Waals surface area (Å²) in [5, 5.41) is 19.7. The van der Waals surface area contributed by atoms with Gasteiger partial charge in [0.05, 0.1) is 13.2 Å². The van der Waals surface area contributed by atoms with Crippen molar-refractivity contribution in [3.63, 3.8) is 0 Å². The van der Waals surface area contributed by atoms with Crippen LogP contribution in [-0.2, 0) is 9.47 Å². The van der Waals surface area contributed by atoms with E-state index < -0.39 is 12.0 Å². The lowest BCUT2D eigenvalue weighted by molar-refractivity contribution is -0.199. The molecule has 0 amide bonds. The minimum atomic E-state index is -0.761. The van der Waals surface area contributed by atoms with Gasteiger partial charge in [-0.05, 0) is 44.1 Å². The van der Waals surface area contributed by atoms with Crippen LogP contribution in [0.25, 0.3) is 0 Å². The molecule has 5 heteroatoms. The highest BCUT2D eigenvalue weighted by atomic mass is 16.7. The van der Waals surface area contributed by atoms with Crippen LogP contribution in [0.5, 0.6) is 0 Å². The number of ether oxygens (including phenoxy) is 2. The van der Waals surface area contributed by atoms with Crippen LogP contribution in [0.4, 0.5) is 0 Å². The van der Waals surface area contributed by atoms with Crippen LogP contribution in [-0.4, -0.2) is 46.4 Å². The zero-order valence-electron chi connectivity index (χ0n) is 15.2. The molecule has 1 aliphatic carbocycles. The predicted molar refractivity (Wildman–Crippen MR) is 89.7 cm³/mol. The van der Waals surface area contributed by atoms with Crippen molar-refractivity contribution in [3.8, 4) is 0 Å². The minimum Gasteiger partial charge on any atom is -0.495 e. The fourth-order valence-corrected chi connectivity index (χ4v) is 3.72. The quantitative estimate of drug-likeness (QED) is 0.612. The van der Waals surface area contributed by atoms with Crippen LogP contribution >= 0.6 is 0 Å². The highest BCUT2D eigenvalue weighted by Crippen LogP contribution is 2.45. The van der Waals surface area contributed by atoms with Crippen molar-refractivity contribution in [2.24, 2.45) is 11.3 Å². The van der Waals surface area contributed by atoms with Gasteiger partial charge in [-0.2, -0.15) is 0 Å². The molecule has 23 heavy (non-hydrogen) atoms. The Balaban J connectivity index is 1.91. The van der Waals surface area contributed by atoms with E-state index in [4.69, 9.17) is 9.47 Å². The fourth-order valence-electron chi connectivity index (χ4n) is 3.72. The van der Waals surface area contributed by atoms with Crippen LogP contribution in [0.2, 0.25) is 0 Å². The molecule has 0 radical (unpaired) electrons. The Morgan fingerprint density at radius 1 is 1.35 bits per heavy atom. The van der Waals surface area contributed by atoms with Gasteiger partial charge < -0.3 is 24.6 Å². The standard InChI is InChI=1S/C18H33NO4/c1-6-16(21)19(13(2)20)11-15-12-22-18(23-15)9-7-14(8-10-18)17(3,4)5/h6,13-15,20-21H,7-12H2,1-5H3/b16-6-. The highest BCUT2D eigenvalue weighted by Gasteiger charge is 2.46. The first-order valence-electron chi connectivity index (χ1n) is 8.78. The van der Waals surface area contributed by atoms with E-state index in [-0.39, 0.29) is 12.0 Å². The smallest absolute Gasteiger partial charge is 0.184 e. The first kappa shape index (κ1) is 18.6. The monoisotopic (exact) mass is 327 g/mol. The summed E-state index contributed by atoms with van der Waals surface area (Å²) in [6.07, 6.45) is 4.78. The van der Waals surface area contributed by atoms with Gasteiger partial charge >= 0.3 is 0 Å². The molecule has 2 fully saturated rings. The zero-order valence-corrected chi connectivity index (χ0v) is 15.2. The lowest BCUT2D eigenvalue weighted by Crippen LogP contribution is -2.42. The molecule has 0 aromatic carbocycles. The second-order valence-corrected chi connectivity index (χ2v) is 8.03. The maximum atomic E-state index is 9.91. The van der Waals surface area contributed by atoms with E-state index >= 15 is 0 Å². The molecule has 0 bridgehead atoms. The van der Waals surface area contributed by atoms with Gasteiger partial charge in [0.25, 0.3) is 0 Å². The Morgan fingerprint density at radius 2 is 1.96 bits per heavy atom. The summed E-state index contributed by atoms with van der Waals surface area (Å²) in [6.45, 7) is 11.2. The van der Waals surface area contributed by atoms with Crippen molar-refractivity contribution in [1.29, 1.82) is 0 Å². The molecule has 2 atom stereocenters. The van der Waals surface area contributed by atoms with Crippen molar-refractivity contribution in [3.05, 3.63) is 12.0 Å². The molecule has 2 rings (SSSR count). The van der Waals surface area contributed by atoms with E-state index in [1.54, 1.807) is 19.9 Å². The van der Waals surface area contributed by atoms with Crippen molar-refractivity contribution in [2.45, 2.75) is 78.4 Å². The molecular formula is C18H33NO4. The normalized spacial score (nSPS) is 33.9. The Labute approximate surface area is 140 Å². The van der Waals surface area contributed by atoms with Crippen LogP contribution in [0.3, 0.4) is 0 Å². The first-order chi connectivity index (χ1) is 10.7. The Hall–Kier alpha value is -0.780. The molecule has 1 aliphatic heterocycles. The molecule has 2 N–H and O–H groups in total. The number of rotatable bonds is 4. The highest BCUT2D eigenvalue weighted by molar-refractivity contribution is 4.93. The number of hydrogen-bond donors (Lipinski definition) is 2. The van der Waals surface area contributed by atoms with Gasteiger partial charge in [-0.15, -0.1) is 0 Å². The van der Waals surface area contributed by atoms with Gasteiger partial charge in [-0.3, -0.25) is 0 Å². The summed E-state index contributed by atoms with van der Waals surface area (Å²) < 4.78 is 12.2. The third-order valence-electron chi connectivity index (χ3n) is 5.29. The maximum Gasteiger partial charge on any atom is 0.184 e. The molecular weight excluding hydrogens is 294 g/mol. The molecule has 0 aromatic rings. The number of aliphatic hydroxyl groups excluding tert-OH is 2. The van der Waals surface area contributed by atoms with Crippen molar-refractivity contribution in [2.75, 3.05) is 13.2 Å². The Bertz CT molecular complexity index is 419. The number of hydrogen-bond acceptors (Lipinski definition) is 5. The predicted octanol–water partition coefficient (Wildman–Crippen LogP) is 3.39. The Morgan fingerprint density at radius 3 is 2.43 bits per heavy atom. The summed E-state index contributed by atoms with van der Waals surface area (Å²) >= 11 is 0. The molecule has 0 aromatic heterocycles. The molecule has 1 saturated carbocycles. The number of nitrogens with zero attached hydrogens (tertiary/aromatic N) is 1. The zero-order chi connectivity index (χ0) is 17.3. The molecule has 134 valence electrons. The van der Waals surface area contributed by atoms with Gasteiger partial charge in [0.15, 0.2) is 11.7 Å². The van der Waals surface area contributed by atoms with Crippen LogP contribution in [0.1, 0.15) is 60.3 Å². The average molecular weight is 327 g/mol. The average Bonchev–Trinajstić information content (AvgIpc) is 2.86. The molecule has 2 aliphatic rings. The Kier molecular flexibility index (Phi) is 5.64. The summed E-state index contributed by atoms with van der Waals surface area (Å²) in [5.74, 6) is 0.323. The van der Waals surface area contributed by atoms with Crippen LogP contribution in [0.15, 0.2) is 12.0 Å². The number of allylic oxidation sites excluding steroid dienone is 1. The molecule has 1 saturated heterocycles. The topological polar surface area (TPSA) is 62.2 Å². The van der Waals surface area contributed by atoms with E-state index in [9.17, 15) is 10.2 Å². The van der Waals surface area contributed by atoms with E-state index in [1.807, 2.05) is 0 Å². The van der Waals surface area contributed by atoms with Gasteiger partial charge in [-0.1, -0.05) is 20.8 Å². The van der Waals surface area contributed by atoms with Gasteiger partial charge in [-0.25, -0.2) is 0 Å². The molecule has 2 unspecified atom stereocenters. The maximum absolute atomic E-state index is 9.91. The first-order valence-corrected chi connectivity index (χ1v) is 8.78. The summed E-state index contributed by atoms with van der Waals surface area (Å²) in [7, 11) is 0. The van der Waals surface area contributed by atoms with Crippen LogP contribution in [0, 0.1) is 11.3 Å². The van der Waals surface area contributed by atoms with E-state index in [1.165, 1.54) is 4.90 Å². The van der Waals surface area contributed by atoms with Crippen LogP contribution < -0.4 is 0 Å². The fraction of sp³-hybridized carbons (Fsp3) is 0.889.